The van der Waals surface area contributed by atoms with Crippen molar-refractivity contribution < 1.29 is 0 Å². The maximum absolute atomic E-state index is 5.09. The van der Waals surface area contributed by atoms with Crippen molar-refractivity contribution in [3.63, 3.8) is 0 Å². The molecule has 50 heavy (non-hydrogen) atoms. The summed E-state index contributed by atoms with van der Waals surface area (Å²) in [4.78, 5) is 14.4. The zero-order valence-electron chi connectivity index (χ0n) is 27.2. The van der Waals surface area contributed by atoms with Crippen molar-refractivity contribution >= 4 is 21.5 Å². The number of benzene rings is 7. The van der Waals surface area contributed by atoms with E-state index >= 15 is 0 Å². The van der Waals surface area contributed by atoms with Gasteiger partial charge < -0.3 is 0 Å². The summed E-state index contributed by atoms with van der Waals surface area (Å²) in [7, 11) is 0. The second-order valence-corrected chi connectivity index (χ2v) is 12.4. The van der Waals surface area contributed by atoms with Gasteiger partial charge in [-0.3, -0.25) is 4.98 Å². The molecule has 0 amide bonds. The molecule has 0 radical (unpaired) electrons. The van der Waals surface area contributed by atoms with Crippen LogP contribution in [0, 0.1) is 0 Å². The van der Waals surface area contributed by atoms with Gasteiger partial charge in [0.15, 0.2) is 5.82 Å². The minimum atomic E-state index is 0.701. The van der Waals surface area contributed by atoms with E-state index in [9.17, 15) is 0 Å². The van der Waals surface area contributed by atoms with Gasteiger partial charge in [-0.1, -0.05) is 164 Å². The molecule has 0 spiro atoms. The molecule has 2 heterocycles. The topological polar surface area (TPSA) is 38.7 Å². The Labute approximate surface area is 291 Å². The molecule has 2 aromatic heterocycles. The van der Waals surface area contributed by atoms with E-state index in [0.29, 0.717) is 5.82 Å². The summed E-state index contributed by atoms with van der Waals surface area (Å²) in [6, 6.07) is 62.0. The Morgan fingerprint density at radius 1 is 0.300 bits per heavy atom. The molecule has 0 fully saturated rings. The van der Waals surface area contributed by atoms with Crippen LogP contribution >= 0.6 is 0 Å². The number of nitrogens with zero attached hydrogens (tertiary/aromatic N) is 3. The van der Waals surface area contributed by atoms with Crippen molar-refractivity contribution in [1.82, 2.24) is 15.0 Å². The molecular formula is C47H31N3. The summed E-state index contributed by atoms with van der Waals surface area (Å²) in [6.45, 7) is 0. The van der Waals surface area contributed by atoms with Gasteiger partial charge in [0.25, 0.3) is 0 Å². The molecule has 0 atom stereocenters. The van der Waals surface area contributed by atoms with E-state index in [1.165, 1.54) is 43.8 Å². The Bertz CT molecular complexity index is 2540. The normalized spacial score (nSPS) is 11.2. The van der Waals surface area contributed by atoms with Crippen LogP contribution in [0.25, 0.3) is 88.8 Å². The van der Waals surface area contributed by atoms with Crippen molar-refractivity contribution in [1.29, 1.82) is 0 Å². The summed E-state index contributed by atoms with van der Waals surface area (Å²) < 4.78 is 0. The SMILES string of the molecule is c1ccc(-c2nc(-c3ccc(-c4cccnc4)cc3)cc(-c3ccc(-c4c5ccccc5c(-c5ccccc5)c5ccccc45)cc3)n2)cc1. The van der Waals surface area contributed by atoms with Crippen LogP contribution in [0.4, 0.5) is 0 Å². The monoisotopic (exact) mass is 637 g/mol. The highest BCUT2D eigenvalue weighted by atomic mass is 14.9. The van der Waals surface area contributed by atoms with Gasteiger partial charge in [-0.05, 0) is 67.1 Å². The maximum Gasteiger partial charge on any atom is 0.160 e. The van der Waals surface area contributed by atoms with Gasteiger partial charge in [-0.2, -0.15) is 0 Å². The first-order valence-electron chi connectivity index (χ1n) is 16.9. The fourth-order valence-electron chi connectivity index (χ4n) is 6.99. The quantitative estimate of drug-likeness (QED) is 0.170. The Balaban J connectivity index is 1.16. The predicted octanol–water partition coefficient (Wildman–Crippen LogP) is 12.2. The molecule has 3 heteroatoms. The van der Waals surface area contributed by atoms with E-state index in [-0.39, 0.29) is 0 Å². The third-order valence-electron chi connectivity index (χ3n) is 9.40. The minimum absolute atomic E-state index is 0.701. The molecule has 0 aliphatic heterocycles. The molecule has 0 unspecified atom stereocenters. The van der Waals surface area contributed by atoms with Gasteiger partial charge >= 0.3 is 0 Å². The number of fused-ring (bicyclic) bond motifs is 2. The van der Waals surface area contributed by atoms with Gasteiger partial charge in [-0.15, -0.1) is 0 Å². The van der Waals surface area contributed by atoms with Gasteiger partial charge in [0.05, 0.1) is 11.4 Å². The summed E-state index contributed by atoms with van der Waals surface area (Å²) in [5, 5.41) is 4.98. The number of hydrogen-bond donors (Lipinski definition) is 0. The van der Waals surface area contributed by atoms with Crippen molar-refractivity contribution in [2.24, 2.45) is 0 Å². The molecular weight excluding hydrogens is 607 g/mol. The van der Waals surface area contributed by atoms with Crippen molar-refractivity contribution in [2.45, 2.75) is 0 Å². The third kappa shape index (κ3) is 5.41. The minimum Gasteiger partial charge on any atom is -0.264 e. The first kappa shape index (κ1) is 29.4. The van der Waals surface area contributed by atoms with Gasteiger partial charge in [0.1, 0.15) is 0 Å². The molecule has 0 aliphatic carbocycles. The number of hydrogen-bond acceptors (Lipinski definition) is 3. The van der Waals surface area contributed by atoms with Crippen LogP contribution in [0.5, 0.6) is 0 Å². The highest BCUT2D eigenvalue weighted by molar-refractivity contribution is 6.21. The molecule has 3 nitrogen and oxygen atoms in total. The van der Waals surface area contributed by atoms with E-state index < -0.39 is 0 Å². The fourth-order valence-corrected chi connectivity index (χ4v) is 6.99. The lowest BCUT2D eigenvalue weighted by Gasteiger charge is -2.18. The Morgan fingerprint density at radius 3 is 1.18 bits per heavy atom. The zero-order chi connectivity index (χ0) is 33.3. The average Bonchev–Trinajstić information content (AvgIpc) is 3.21. The molecule has 0 N–H and O–H groups in total. The number of pyridine rings is 1. The van der Waals surface area contributed by atoms with E-state index in [1.807, 2.05) is 30.5 Å². The van der Waals surface area contributed by atoms with Gasteiger partial charge in [0, 0.05) is 29.1 Å². The maximum atomic E-state index is 5.09. The number of aromatic nitrogens is 3. The lowest BCUT2D eigenvalue weighted by Crippen LogP contribution is -1.96. The Hall–Kier alpha value is -6.71. The molecule has 234 valence electrons. The van der Waals surface area contributed by atoms with Crippen LogP contribution in [0.1, 0.15) is 0 Å². The van der Waals surface area contributed by atoms with Crippen LogP contribution < -0.4 is 0 Å². The lowest BCUT2D eigenvalue weighted by atomic mass is 9.86. The van der Waals surface area contributed by atoms with E-state index in [2.05, 4.69) is 157 Å². The molecule has 0 bridgehead atoms. The predicted molar refractivity (Wildman–Crippen MR) is 207 cm³/mol. The van der Waals surface area contributed by atoms with Crippen LogP contribution in [0.3, 0.4) is 0 Å². The molecule has 9 aromatic rings. The summed E-state index contributed by atoms with van der Waals surface area (Å²) in [5.74, 6) is 0.701. The molecule has 7 aromatic carbocycles. The molecule has 0 aliphatic rings. The van der Waals surface area contributed by atoms with E-state index in [4.69, 9.17) is 9.97 Å². The lowest BCUT2D eigenvalue weighted by molar-refractivity contribution is 1.18. The van der Waals surface area contributed by atoms with E-state index in [1.54, 1.807) is 6.20 Å². The second kappa shape index (κ2) is 12.7. The zero-order valence-corrected chi connectivity index (χ0v) is 27.2. The van der Waals surface area contributed by atoms with Crippen LogP contribution in [-0.4, -0.2) is 15.0 Å². The molecule has 9 rings (SSSR count). The standard InChI is InChI=1S/C47H31N3/c1-3-12-35(13-4-1)45-39-17-7-9-19-41(39)46(42-20-10-8-18-40(42)45)36-27-25-34(26-28-36)44-30-43(49-47(50-44)37-14-5-2-6-15-37)33-23-21-32(22-24-33)38-16-11-29-48-31-38/h1-31H. The highest BCUT2D eigenvalue weighted by Crippen LogP contribution is 2.43. The van der Waals surface area contributed by atoms with Gasteiger partial charge in [-0.25, -0.2) is 9.97 Å². The van der Waals surface area contributed by atoms with Crippen molar-refractivity contribution in [3.05, 3.63) is 188 Å². The first-order valence-corrected chi connectivity index (χ1v) is 16.9. The van der Waals surface area contributed by atoms with Gasteiger partial charge in [0.2, 0.25) is 0 Å². The third-order valence-corrected chi connectivity index (χ3v) is 9.40. The summed E-state index contributed by atoms with van der Waals surface area (Å²) in [5.41, 5.74) is 11.9. The molecule has 0 saturated carbocycles. The molecule has 0 saturated heterocycles. The largest absolute Gasteiger partial charge is 0.264 e. The fraction of sp³-hybridized carbons (Fsp3) is 0. The summed E-state index contributed by atoms with van der Waals surface area (Å²) >= 11 is 0. The van der Waals surface area contributed by atoms with Crippen LogP contribution in [0.15, 0.2) is 188 Å². The summed E-state index contributed by atoms with van der Waals surface area (Å²) in [6.07, 6.45) is 3.68. The first-order chi connectivity index (χ1) is 24.8. The van der Waals surface area contributed by atoms with Crippen molar-refractivity contribution in [3.8, 4) is 67.3 Å². The smallest absolute Gasteiger partial charge is 0.160 e. The Kier molecular flexibility index (Phi) is 7.49. The number of rotatable bonds is 6. The second-order valence-electron chi connectivity index (χ2n) is 12.4. The van der Waals surface area contributed by atoms with Crippen molar-refractivity contribution in [2.75, 3.05) is 0 Å². The van der Waals surface area contributed by atoms with Crippen LogP contribution in [0.2, 0.25) is 0 Å². The average molecular weight is 638 g/mol. The Morgan fingerprint density at radius 2 is 0.700 bits per heavy atom. The van der Waals surface area contributed by atoms with E-state index in [0.717, 1.165) is 39.2 Å². The highest BCUT2D eigenvalue weighted by Gasteiger charge is 2.17. The van der Waals surface area contributed by atoms with Crippen LogP contribution in [-0.2, 0) is 0 Å².